The van der Waals surface area contributed by atoms with Crippen molar-refractivity contribution in [2.45, 2.75) is 61.6 Å². The minimum atomic E-state index is -4.61. The average Bonchev–Trinajstić information content (AvgIpc) is 2.39. The molecule has 0 unspecified atom stereocenters. The lowest BCUT2D eigenvalue weighted by Crippen LogP contribution is -2.50. The second kappa shape index (κ2) is 6.51. The maximum absolute atomic E-state index is 12.7. The van der Waals surface area contributed by atoms with Gasteiger partial charge in [-0.2, -0.15) is 13.2 Å². The fourth-order valence-corrected chi connectivity index (χ4v) is 4.37. The molecular formula is C16H20F3NO4S. The topological polar surface area (TPSA) is 72.5 Å². The summed E-state index contributed by atoms with van der Waals surface area (Å²) in [6, 6.07) is 3.32. The molecule has 5 nitrogen and oxygen atoms in total. The van der Waals surface area contributed by atoms with Crippen LogP contribution in [-0.4, -0.2) is 31.4 Å². The van der Waals surface area contributed by atoms with E-state index in [0.29, 0.717) is 6.07 Å². The summed E-state index contributed by atoms with van der Waals surface area (Å²) in [7, 11) is -3.88. The highest BCUT2D eigenvalue weighted by Crippen LogP contribution is 2.35. The minimum Gasteiger partial charge on any atom is -0.444 e. The summed E-state index contributed by atoms with van der Waals surface area (Å²) in [5.41, 5.74) is -1.67. The molecule has 1 fully saturated rings. The molecule has 1 aromatic rings. The van der Waals surface area contributed by atoms with E-state index in [1.807, 2.05) is 0 Å². The molecule has 1 aliphatic rings. The van der Waals surface area contributed by atoms with Crippen molar-refractivity contribution >= 4 is 15.9 Å². The number of rotatable bonds is 3. The Kier molecular flexibility index (Phi) is 5.09. The van der Waals surface area contributed by atoms with Crippen LogP contribution in [0.25, 0.3) is 0 Å². The van der Waals surface area contributed by atoms with Crippen LogP contribution in [0.4, 0.5) is 18.0 Å². The molecule has 1 aliphatic carbocycles. The third-order valence-corrected chi connectivity index (χ3v) is 5.92. The molecule has 9 heteroatoms. The van der Waals surface area contributed by atoms with Gasteiger partial charge in [0.25, 0.3) is 0 Å². The van der Waals surface area contributed by atoms with E-state index in [9.17, 15) is 26.4 Å². The summed E-state index contributed by atoms with van der Waals surface area (Å²) in [5, 5.41) is 1.73. The van der Waals surface area contributed by atoms with Crippen molar-refractivity contribution in [2.24, 2.45) is 0 Å². The van der Waals surface area contributed by atoms with E-state index in [1.165, 1.54) is 0 Å². The van der Waals surface area contributed by atoms with Crippen LogP contribution in [0.5, 0.6) is 0 Å². The molecule has 0 aliphatic heterocycles. The lowest BCUT2D eigenvalue weighted by Gasteiger charge is -2.35. The van der Waals surface area contributed by atoms with Gasteiger partial charge >= 0.3 is 12.3 Å². The van der Waals surface area contributed by atoms with Gasteiger partial charge in [-0.15, -0.1) is 0 Å². The first-order chi connectivity index (χ1) is 11.3. The highest BCUT2D eigenvalue weighted by Gasteiger charge is 2.41. The summed E-state index contributed by atoms with van der Waals surface area (Å²) in [5.74, 6) is 0. The van der Waals surface area contributed by atoms with E-state index >= 15 is 0 Å². The average molecular weight is 379 g/mol. The van der Waals surface area contributed by atoms with Gasteiger partial charge in [0, 0.05) is 6.04 Å². The Morgan fingerprint density at radius 3 is 2.32 bits per heavy atom. The van der Waals surface area contributed by atoms with Crippen LogP contribution in [0, 0.1) is 0 Å². The lowest BCUT2D eigenvalue weighted by molar-refractivity contribution is -0.137. The summed E-state index contributed by atoms with van der Waals surface area (Å²) in [6.45, 7) is 5.11. The first-order valence-corrected chi connectivity index (χ1v) is 9.24. The molecular weight excluding hydrogens is 359 g/mol. The van der Waals surface area contributed by atoms with Gasteiger partial charge in [0.2, 0.25) is 0 Å². The zero-order valence-electron chi connectivity index (χ0n) is 14.1. The normalized spacial score (nSPS) is 21.4. The molecule has 1 amide bonds. The third kappa shape index (κ3) is 4.87. The zero-order chi connectivity index (χ0) is 19.0. The molecule has 1 N–H and O–H groups in total. The van der Waals surface area contributed by atoms with Gasteiger partial charge in [0.05, 0.1) is 15.7 Å². The number of ether oxygens (including phenoxy) is 1. The molecule has 0 heterocycles. The van der Waals surface area contributed by atoms with Crippen molar-refractivity contribution in [1.29, 1.82) is 0 Å². The molecule has 0 saturated heterocycles. The molecule has 0 atom stereocenters. The molecule has 1 saturated carbocycles. The van der Waals surface area contributed by atoms with E-state index in [0.717, 1.165) is 18.2 Å². The van der Waals surface area contributed by atoms with Crippen molar-refractivity contribution in [2.75, 3.05) is 0 Å². The number of sulfone groups is 1. The van der Waals surface area contributed by atoms with Gasteiger partial charge in [-0.25, -0.2) is 13.2 Å². The van der Waals surface area contributed by atoms with Gasteiger partial charge in [-0.05, 0) is 51.8 Å². The number of halogens is 3. The Morgan fingerprint density at radius 1 is 1.20 bits per heavy atom. The molecule has 0 aromatic heterocycles. The maximum Gasteiger partial charge on any atom is 0.416 e. The van der Waals surface area contributed by atoms with Crippen LogP contribution < -0.4 is 5.32 Å². The van der Waals surface area contributed by atoms with E-state index < -0.39 is 38.5 Å². The summed E-state index contributed by atoms with van der Waals surface area (Å²) >= 11 is 0. The van der Waals surface area contributed by atoms with Crippen LogP contribution in [0.15, 0.2) is 29.2 Å². The quantitative estimate of drug-likeness (QED) is 0.872. The van der Waals surface area contributed by atoms with Crippen molar-refractivity contribution in [3.8, 4) is 0 Å². The van der Waals surface area contributed by atoms with Crippen LogP contribution >= 0.6 is 0 Å². The molecule has 0 bridgehead atoms. The molecule has 0 spiro atoms. The summed E-state index contributed by atoms with van der Waals surface area (Å²) in [4.78, 5) is 11.3. The highest BCUT2D eigenvalue weighted by atomic mass is 32.2. The first kappa shape index (κ1) is 19.6. The lowest BCUT2D eigenvalue weighted by atomic mass is 9.92. The van der Waals surface area contributed by atoms with Crippen molar-refractivity contribution in [1.82, 2.24) is 5.32 Å². The number of carbonyl (C=O) groups is 1. The van der Waals surface area contributed by atoms with Crippen molar-refractivity contribution in [3.05, 3.63) is 29.8 Å². The number of alkyl carbamates (subject to hydrolysis) is 1. The predicted octanol–water partition coefficient (Wildman–Crippen LogP) is 3.53. The number of benzene rings is 1. The third-order valence-electron chi connectivity index (χ3n) is 3.74. The summed E-state index contributed by atoms with van der Waals surface area (Å²) < 4.78 is 68.2. The number of hydrogen-bond donors (Lipinski definition) is 1. The van der Waals surface area contributed by atoms with E-state index in [1.54, 1.807) is 20.8 Å². The molecule has 2 rings (SSSR count). The van der Waals surface area contributed by atoms with Gasteiger partial charge in [-0.3, -0.25) is 0 Å². The zero-order valence-corrected chi connectivity index (χ0v) is 14.9. The Balaban J connectivity index is 2.01. The fraction of sp³-hybridized carbons (Fsp3) is 0.562. The Morgan fingerprint density at radius 2 is 1.80 bits per heavy atom. The van der Waals surface area contributed by atoms with Crippen LogP contribution in [-0.2, 0) is 20.8 Å². The number of amides is 1. The van der Waals surface area contributed by atoms with Gasteiger partial charge < -0.3 is 10.1 Å². The van der Waals surface area contributed by atoms with Crippen LogP contribution in [0.2, 0.25) is 0 Å². The second-order valence-electron chi connectivity index (χ2n) is 7.01. The predicted molar refractivity (Wildman–Crippen MR) is 84.8 cm³/mol. The van der Waals surface area contributed by atoms with Crippen LogP contribution in [0.1, 0.15) is 39.2 Å². The van der Waals surface area contributed by atoms with Gasteiger partial charge in [0.15, 0.2) is 9.84 Å². The number of carbonyl (C=O) groups excluding carboxylic acids is 1. The molecule has 25 heavy (non-hydrogen) atoms. The van der Waals surface area contributed by atoms with Crippen LogP contribution in [0.3, 0.4) is 0 Å². The van der Waals surface area contributed by atoms with Gasteiger partial charge in [0.1, 0.15) is 5.60 Å². The Labute approximate surface area is 144 Å². The number of alkyl halides is 3. The SMILES string of the molecule is CC(C)(C)OC(=O)N[C@H]1C[C@H](S(=O)(=O)c2cccc(C(F)(F)F)c2)C1. The minimum absolute atomic E-state index is 0.137. The molecule has 1 aromatic carbocycles. The van der Waals surface area contributed by atoms with E-state index in [2.05, 4.69) is 5.32 Å². The molecule has 0 radical (unpaired) electrons. The van der Waals surface area contributed by atoms with E-state index in [4.69, 9.17) is 4.74 Å². The number of hydrogen-bond acceptors (Lipinski definition) is 4. The smallest absolute Gasteiger partial charge is 0.416 e. The maximum atomic E-state index is 12.7. The first-order valence-electron chi connectivity index (χ1n) is 7.70. The van der Waals surface area contributed by atoms with Gasteiger partial charge in [-0.1, -0.05) is 6.07 Å². The number of nitrogens with one attached hydrogen (secondary N) is 1. The second-order valence-corrected chi connectivity index (χ2v) is 9.24. The van der Waals surface area contributed by atoms with E-state index in [-0.39, 0.29) is 23.8 Å². The highest BCUT2D eigenvalue weighted by molar-refractivity contribution is 7.92. The molecule has 140 valence electrons. The Bertz CT molecular complexity index is 747. The Hall–Kier alpha value is -1.77. The monoisotopic (exact) mass is 379 g/mol. The summed E-state index contributed by atoms with van der Waals surface area (Å²) in [6.07, 6.45) is -4.98. The van der Waals surface area contributed by atoms with Crippen molar-refractivity contribution < 1.29 is 31.1 Å². The van der Waals surface area contributed by atoms with Crippen molar-refractivity contribution in [3.63, 3.8) is 0 Å². The largest absolute Gasteiger partial charge is 0.444 e. The fourth-order valence-electron chi connectivity index (χ4n) is 2.45. The standard InChI is InChI=1S/C16H20F3NO4S/c1-15(2,3)24-14(21)20-11-8-13(9-11)25(22,23)12-6-4-5-10(7-12)16(17,18)19/h4-7,11,13H,8-9H2,1-3H3,(H,20,21)/t11-,13-.